The van der Waals surface area contributed by atoms with Crippen molar-refractivity contribution in [2.45, 2.75) is 65.7 Å². The first-order valence-electron chi connectivity index (χ1n) is 36.0. The van der Waals surface area contributed by atoms with Crippen molar-refractivity contribution in [3.05, 3.63) is 192 Å². The molecule has 3 aliphatic heterocycles. The molecule has 0 bridgehead atoms. The molecule has 0 radical (unpaired) electrons. The molecule has 4 fully saturated rings. The molecule has 28 nitrogen and oxygen atoms in total. The predicted molar refractivity (Wildman–Crippen MR) is 477 cm³/mol. The van der Waals surface area contributed by atoms with Crippen molar-refractivity contribution in [2.24, 2.45) is 10.8 Å². The molecule has 8 heterocycles. The fraction of sp³-hybridized carbons (Fsp3) is 0.395. The third kappa shape index (κ3) is 34.0. The second-order valence-corrected chi connectivity index (χ2v) is 42.2. The number of benzene rings is 4. The summed E-state index contributed by atoms with van der Waals surface area (Å²) in [6, 6.07) is 36.3. The van der Waals surface area contributed by atoms with E-state index in [1.54, 1.807) is 80.3 Å². The monoisotopic (exact) mass is 1830 g/mol. The minimum absolute atomic E-state index is 0.0764. The van der Waals surface area contributed by atoms with E-state index in [0.29, 0.717) is 79.9 Å². The fourth-order valence-corrected chi connectivity index (χ4v) is 16.3. The Labute approximate surface area is 715 Å². The Kier molecular flexibility index (Phi) is 42.0. The smallest absolute Gasteiger partial charge is 0.479 e. The summed E-state index contributed by atoms with van der Waals surface area (Å²) >= 11 is 39.9. The summed E-state index contributed by atoms with van der Waals surface area (Å²) in [5, 5.41) is 23.6. The van der Waals surface area contributed by atoms with E-state index >= 15 is 0 Å². The van der Waals surface area contributed by atoms with Crippen molar-refractivity contribution < 1.29 is 55.7 Å². The van der Waals surface area contributed by atoms with Crippen molar-refractivity contribution in [3.8, 4) is 11.8 Å². The molecule has 13 rings (SSSR count). The molecule has 116 heavy (non-hydrogen) atoms. The number of anilines is 9. The first-order valence-corrected chi connectivity index (χ1v) is 49.7. The summed E-state index contributed by atoms with van der Waals surface area (Å²) in [5.74, 6) is 2.37. The van der Waals surface area contributed by atoms with Crippen molar-refractivity contribution in [1.82, 2.24) is 39.9 Å². The van der Waals surface area contributed by atoms with Gasteiger partial charge in [-0.1, -0.05) is 130 Å². The number of pyridine rings is 2. The number of halogens is 7. The minimum Gasteiger partial charge on any atom is -0.479 e. The number of nitrogens with two attached hydrogens (primary N) is 2. The van der Waals surface area contributed by atoms with E-state index in [0.717, 1.165) is 85.3 Å². The van der Waals surface area contributed by atoms with Gasteiger partial charge in [-0.15, -0.1) is 9.05 Å². The summed E-state index contributed by atoms with van der Waals surface area (Å²) < 4.78 is 86.9. The average Bonchev–Trinajstić information content (AvgIpc) is 1.60. The SMILES string of the molecule is C1CCC2(C1)CCOC2.CCO[P+](=O)OCC.COc1nc(Cl)ccc1[N+](=O)[O-].COc1nc(N2CCC3(CCOC3)C2)ccc1Nc1ncc(Cl)c(Nc2ccccc2P(C)(C)=O)n1.CP(C)(=O)c1ccccc1N.CP(C)(=O)c1ccccc1Nc1nc(Cl)ncc1Cl.C[P+](C)=O.Cc1ccccc1N.Clc1ncc(Cl)c(Cl)n1. The number of para-hydroxylation sites is 4. The number of nitrogens with one attached hydrogen (secondary N) is 3. The highest BCUT2D eigenvalue weighted by molar-refractivity contribution is 7.71. The summed E-state index contributed by atoms with van der Waals surface area (Å²) in [7, 11) is -6.90. The topological polar surface area (TPSA) is 378 Å². The van der Waals surface area contributed by atoms with Crippen molar-refractivity contribution in [3.63, 3.8) is 0 Å². The van der Waals surface area contributed by atoms with Gasteiger partial charge in [-0.3, -0.25) is 10.1 Å². The molecule has 2 spiro atoms. The van der Waals surface area contributed by atoms with Crippen LogP contribution in [0.4, 0.5) is 57.5 Å². The van der Waals surface area contributed by atoms with Crippen LogP contribution in [-0.2, 0) is 41.3 Å². The van der Waals surface area contributed by atoms with Gasteiger partial charge in [0.2, 0.25) is 22.4 Å². The van der Waals surface area contributed by atoms with E-state index in [9.17, 15) is 32.9 Å². The normalized spacial score (nSPS) is 14.7. The Morgan fingerprint density at radius 1 is 0.552 bits per heavy atom. The van der Waals surface area contributed by atoms with Gasteiger partial charge >= 0.3 is 21.7 Å². The molecule has 1 unspecified atom stereocenters. The number of hydrogen-bond acceptors (Lipinski definition) is 27. The van der Waals surface area contributed by atoms with Crippen LogP contribution in [0.1, 0.15) is 64.4 Å². The molecule has 7 N–H and O–H groups in total. The van der Waals surface area contributed by atoms with Crippen LogP contribution in [0.3, 0.4) is 0 Å². The average molecular weight is 1830 g/mol. The lowest BCUT2D eigenvalue weighted by molar-refractivity contribution is -0.386. The van der Waals surface area contributed by atoms with Crippen LogP contribution in [0.25, 0.3) is 0 Å². The first-order chi connectivity index (χ1) is 54.8. The minimum atomic E-state index is -2.51. The van der Waals surface area contributed by atoms with Crippen LogP contribution in [0.5, 0.6) is 11.8 Å². The molecule has 0 amide bonds. The van der Waals surface area contributed by atoms with Crippen molar-refractivity contribution in [1.29, 1.82) is 0 Å². The van der Waals surface area contributed by atoms with Crippen molar-refractivity contribution >= 4 is 192 Å². The second kappa shape index (κ2) is 48.9. The Morgan fingerprint density at radius 2 is 1.03 bits per heavy atom. The summed E-state index contributed by atoms with van der Waals surface area (Å²) in [4.78, 5) is 44.2. The third-order valence-electron chi connectivity index (χ3n) is 17.1. The lowest BCUT2D eigenvalue weighted by Gasteiger charge is -2.23. The molecular weight excluding hydrogens is 1730 g/mol. The van der Waals surface area contributed by atoms with Crippen LogP contribution < -0.4 is 57.7 Å². The highest BCUT2D eigenvalue weighted by atomic mass is 35.5. The van der Waals surface area contributed by atoms with Crippen LogP contribution in [0.15, 0.2) is 140 Å². The van der Waals surface area contributed by atoms with Gasteiger partial charge in [-0.2, -0.15) is 19.9 Å². The highest BCUT2D eigenvalue weighted by Gasteiger charge is 2.42. The number of ether oxygens (including phenoxy) is 4. The maximum atomic E-state index is 12.7. The maximum Gasteiger partial charge on any atom is 0.697 e. The van der Waals surface area contributed by atoms with E-state index in [-0.39, 0.29) is 37.9 Å². The number of hydrogen-bond donors (Lipinski definition) is 5. The lowest BCUT2D eigenvalue weighted by atomic mass is 9.86. The van der Waals surface area contributed by atoms with Crippen LogP contribution >= 0.6 is 119 Å². The number of aryl methyl sites for hydroxylation is 1. The number of nitrogens with zero attached hydrogens (tertiary/aromatic N) is 10. The standard InChI is InChI=1S/C25H30ClN6O3P.C12H12Cl2N3OP.C8H12NOP.C8H14O.C7H9N.C6H5ClN2O3.C4HCl3N2.C4H10O3P.C2H6OP/c1-34-23-19(8-9-21(30-23)32-12-10-25(15-32)11-13-35-16-25)29-24-27-14-17(26)22(31-24)28-18-6-4-5-7-20(18)36(2,3)33;1-19(2,18)10-6-4-3-5-9(10)16-11-8(13)7-15-12(14)17-11;1-11(2,10)8-6-4-3-5-7(8)9;1-2-4-8(3-1)5-6-9-7-8;1-6-4-2-3-5-7(6)8;1-12-6-4(9(10)11)2-3-5(7)8-6;5-2-1-8-4(7)9-3(2)6;1-3-6-8(5)7-4-2;1-4(2)3/h4-9,14H,10-13,15-16H2,1-3H3,(H2,27,28,29,31);3-7H,1-2H3,(H,15,16,17);3-6H,9H2,1-2H3;1-7H2;2-5H,8H2,1H3;2-3H,1H3;1H;3-4H2,1-2H3;1-2H3/q;;;;;;;2*+1. The molecule has 4 aromatic carbocycles. The van der Waals surface area contributed by atoms with Crippen LogP contribution in [0.2, 0.25) is 35.9 Å². The molecule has 4 aliphatic rings. The Hall–Kier alpha value is -7.02. The summed E-state index contributed by atoms with van der Waals surface area (Å²) in [6.45, 7) is 25.7. The number of aromatic nitrogens is 8. The van der Waals surface area contributed by atoms with Gasteiger partial charge in [0.15, 0.2) is 16.8 Å². The zero-order valence-corrected chi connectivity index (χ0v) is 76.5. The van der Waals surface area contributed by atoms with Gasteiger partial charge in [0.25, 0.3) is 5.88 Å². The Bertz CT molecular complexity index is 4800. The van der Waals surface area contributed by atoms with Gasteiger partial charge in [0.1, 0.15) is 74.7 Å². The summed E-state index contributed by atoms with van der Waals surface area (Å²) in [5.41, 5.74) is 16.5. The molecule has 3 saturated heterocycles. The molecular formula is C76H99Cl7N15O13P5+2. The number of nitro groups is 1. The largest absolute Gasteiger partial charge is 0.697 e. The van der Waals surface area contributed by atoms with E-state index in [1.165, 1.54) is 69.9 Å². The molecule has 9 aromatic rings. The van der Waals surface area contributed by atoms with E-state index in [2.05, 4.69) is 69.5 Å². The molecule has 1 aliphatic carbocycles. The zero-order chi connectivity index (χ0) is 86.0. The fourth-order valence-electron chi connectivity index (χ4n) is 11.4. The van der Waals surface area contributed by atoms with Gasteiger partial charge in [0, 0.05) is 69.6 Å². The van der Waals surface area contributed by atoms with Gasteiger partial charge in [0.05, 0.1) is 67.3 Å². The molecule has 5 aromatic heterocycles. The third-order valence-corrected chi connectivity index (χ3v) is 24.5. The van der Waals surface area contributed by atoms with Gasteiger partial charge in [-0.05, 0) is 188 Å². The Morgan fingerprint density at radius 3 is 1.47 bits per heavy atom. The second-order valence-electron chi connectivity index (χ2n) is 27.4. The number of rotatable bonds is 17. The van der Waals surface area contributed by atoms with E-state index in [4.69, 9.17) is 112 Å². The maximum absolute atomic E-state index is 12.7. The zero-order valence-electron chi connectivity index (χ0n) is 66.7. The molecule has 40 heteroatoms. The number of methoxy groups -OCH3 is 2. The lowest BCUT2D eigenvalue weighted by Crippen LogP contribution is -2.27. The Balaban J connectivity index is 0.000000254. The quantitative estimate of drug-likeness (QED) is 0.0107. The first kappa shape index (κ1) is 99.5. The highest BCUT2D eigenvalue weighted by Crippen LogP contribution is 2.46. The summed E-state index contributed by atoms with van der Waals surface area (Å²) in [6.07, 6.45) is 13.6. The van der Waals surface area contributed by atoms with Crippen LogP contribution in [-0.4, -0.2) is 165 Å². The van der Waals surface area contributed by atoms with Gasteiger partial charge < -0.3 is 65.0 Å². The van der Waals surface area contributed by atoms with Gasteiger partial charge in [-0.25, -0.2) is 19.9 Å². The predicted octanol–water partition coefficient (Wildman–Crippen LogP) is 20.6. The van der Waals surface area contributed by atoms with Crippen molar-refractivity contribution in [2.75, 3.05) is 153 Å². The van der Waals surface area contributed by atoms with Crippen LogP contribution in [0, 0.1) is 27.9 Å². The molecule has 1 atom stereocenters. The molecule has 1 saturated carbocycles. The number of nitrogen functional groups attached to an aromatic ring is 2. The van der Waals surface area contributed by atoms with E-state index in [1.807, 2.05) is 110 Å². The molecule has 628 valence electrons. The van der Waals surface area contributed by atoms with E-state index < -0.39 is 42.4 Å².